The van der Waals surface area contributed by atoms with E-state index in [-0.39, 0.29) is 19.0 Å². The SMILES string of the molecule is Cc1cc(Nc2ccc(N(CCO)CCO)cc2)c(N)cc1O. The number of aryl methyl sites for hydroxylation is 1. The summed E-state index contributed by atoms with van der Waals surface area (Å²) >= 11 is 0. The number of benzene rings is 2. The summed E-state index contributed by atoms with van der Waals surface area (Å²) in [5.41, 5.74) is 9.64. The van der Waals surface area contributed by atoms with Gasteiger partial charge in [-0.3, -0.25) is 0 Å². The van der Waals surface area contributed by atoms with Crippen molar-refractivity contribution in [1.29, 1.82) is 0 Å². The molecule has 0 amide bonds. The van der Waals surface area contributed by atoms with Gasteiger partial charge >= 0.3 is 0 Å². The van der Waals surface area contributed by atoms with Gasteiger partial charge in [-0.1, -0.05) is 0 Å². The lowest BCUT2D eigenvalue weighted by molar-refractivity contribution is 0.281. The molecule has 0 atom stereocenters. The Morgan fingerprint density at radius 2 is 1.65 bits per heavy atom. The minimum absolute atomic E-state index is 0.0311. The van der Waals surface area contributed by atoms with Crippen LogP contribution < -0.4 is 16.0 Å². The molecular formula is C17H23N3O3. The number of aliphatic hydroxyl groups is 2. The first-order valence-electron chi connectivity index (χ1n) is 7.48. The lowest BCUT2D eigenvalue weighted by Crippen LogP contribution is -2.29. The fourth-order valence-corrected chi connectivity index (χ4v) is 2.34. The van der Waals surface area contributed by atoms with E-state index in [0.29, 0.717) is 18.8 Å². The summed E-state index contributed by atoms with van der Waals surface area (Å²) in [5, 5.41) is 31.0. The van der Waals surface area contributed by atoms with Crippen molar-refractivity contribution in [3.63, 3.8) is 0 Å². The molecule has 0 saturated carbocycles. The second kappa shape index (κ2) is 7.71. The molecule has 2 aromatic rings. The molecule has 0 saturated heterocycles. The predicted molar refractivity (Wildman–Crippen MR) is 93.4 cm³/mol. The second-order valence-electron chi connectivity index (χ2n) is 5.33. The Morgan fingerprint density at radius 3 is 2.22 bits per heavy atom. The molecule has 6 N–H and O–H groups in total. The fourth-order valence-electron chi connectivity index (χ4n) is 2.34. The van der Waals surface area contributed by atoms with Crippen LogP contribution in [0.1, 0.15) is 5.56 Å². The Balaban J connectivity index is 2.15. The molecule has 0 radical (unpaired) electrons. The van der Waals surface area contributed by atoms with Gasteiger partial charge in [0.25, 0.3) is 0 Å². The standard InChI is InChI=1S/C17H23N3O3/c1-12-10-16(15(18)11-17(12)23)19-13-2-4-14(5-3-13)20(6-8-21)7-9-22/h2-5,10-11,19,21-23H,6-9,18H2,1H3. The second-order valence-corrected chi connectivity index (χ2v) is 5.33. The average molecular weight is 317 g/mol. The highest BCUT2D eigenvalue weighted by molar-refractivity contribution is 5.75. The molecule has 0 heterocycles. The van der Waals surface area contributed by atoms with Crippen LogP contribution in [0.5, 0.6) is 5.75 Å². The highest BCUT2D eigenvalue weighted by Gasteiger charge is 2.07. The number of phenols is 1. The van der Waals surface area contributed by atoms with E-state index in [0.717, 1.165) is 22.6 Å². The van der Waals surface area contributed by atoms with E-state index in [2.05, 4.69) is 5.32 Å². The molecule has 23 heavy (non-hydrogen) atoms. The Bertz CT molecular complexity index is 638. The summed E-state index contributed by atoms with van der Waals surface area (Å²) in [6.07, 6.45) is 0. The molecule has 0 aliphatic heterocycles. The first-order chi connectivity index (χ1) is 11.0. The molecule has 0 unspecified atom stereocenters. The van der Waals surface area contributed by atoms with Gasteiger partial charge in [0.15, 0.2) is 0 Å². The minimum Gasteiger partial charge on any atom is -0.508 e. The zero-order valence-electron chi connectivity index (χ0n) is 13.2. The largest absolute Gasteiger partial charge is 0.508 e. The van der Waals surface area contributed by atoms with Crippen LogP contribution >= 0.6 is 0 Å². The summed E-state index contributed by atoms with van der Waals surface area (Å²) in [6, 6.07) is 10.9. The monoisotopic (exact) mass is 317 g/mol. The van der Waals surface area contributed by atoms with Crippen molar-refractivity contribution in [2.45, 2.75) is 6.92 Å². The molecule has 124 valence electrons. The number of nitrogens with zero attached hydrogens (tertiary/aromatic N) is 1. The van der Waals surface area contributed by atoms with Crippen LogP contribution in [0, 0.1) is 6.92 Å². The number of rotatable bonds is 7. The number of aliphatic hydroxyl groups excluding tert-OH is 2. The maximum atomic E-state index is 9.63. The number of anilines is 4. The molecule has 2 rings (SSSR count). The Morgan fingerprint density at radius 1 is 1.04 bits per heavy atom. The van der Waals surface area contributed by atoms with Crippen molar-refractivity contribution in [1.82, 2.24) is 0 Å². The van der Waals surface area contributed by atoms with Crippen LogP contribution in [0.2, 0.25) is 0 Å². The Hall–Kier alpha value is -2.44. The van der Waals surface area contributed by atoms with Crippen LogP contribution in [-0.4, -0.2) is 41.6 Å². The van der Waals surface area contributed by atoms with Crippen molar-refractivity contribution in [3.8, 4) is 5.75 Å². The van der Waals surface area contributed by atoms with Gasteiger partial charge in [-0.25, -0.2) is 0 Å². The van der Waals surface area contributed by atoms with Crippen LogP contribution in [-0.2, 0) is 0 Å². The molecule has 0 spiro atoms. The van der Waals surface area contributed by atoms with Crippen molar-refractivity contribution < 1.29 is 15.3 Å². The fraction of sp³-hybridized carbons (Fsp3) is 0.294. The minimum atomic E-state index is 0.0311. The molecule has 0 aliphatic carbocycles. The van der Waals surface area contributed by atoms with Gasteiger partial charge in [0.2, 0.25) is 0 Å². The molecule has 2 aromatic carbocycles. The molecule has 0 fully saturated rings. The van der Waals surface area contributed by atoms with Crippen molar-refractivity contribution in [2.75, 3.05) is 42.3 Å². The summed E-state index contributed by atoms with van der Waals surface area (Å²) in [7, 11) is 0. The van der Waals surface area contributed by atoms with Crippen LogP contribution in [0.25, 0.3) is 0 Å². The number of hydrogen-bond donors (Lipinski definition) is 5. The third-order valence-corrected chi connectivity index (χ3v) is 3.62. The number of nitrogen functional groups attached to an aromatic ring is 1. The molecule has 0 bridgehead atoms. The average Bonchev–Trinajstić information content (AvgIpc) is 2.53. The van der Waals surface area contributed by atoms with Crippen molar-refractivity contribution in [2.24, 2.45) is 0 Å². The van der Waals surface area contributed by atoms with Crippen LogP contribution in [0.15, 0.2) is 36.4 Å². The third-order valence-electron chi connectivity index (χ3n) is 3.62. The quantitative estimate of drug-likeness (QED) is 0.394. The molecule has 6 nitrogen and oxygen atoms in total. The zero-order chi connectivity index (χ0) is 16.8. The van der Waals surface area contributed by atoms with Crippen LogP contribution in [0.4, 0.5) is 22.7 Å². The van der Waals surface area contributed by atoms with Gasteiger partial charge < -0.3 is 31.3 Å². The third kappa shape index (κ3) is 4.28. The van der Waals surface area contributed by atoms with E-state index in [1.807, 2.05) is 36.1 Å². The Labute approximate surface area is 135 Å². The van der Waals surface area contributed by atoms with Crippen molar-refractivity contribution >= 4 is 22.7 Å². The van der Waals surface area contributed by atoms with Gasteiger partial charge in [0, 0.05) is 30.5 Å². The van der Waals surface area contributed by atoms with E-state index in [4.69, 9.17) is 15.9 Å². The van der Waals surface area contributed by atoms with Gasteiger partial charge in [0.05, 0.1) is 24.6 Å². The topological polar surface area (TPSA) is 102 Å². The maximum Gasteiger partial charge on any atom is 0.120 e. The van der Waals surface area contributed by atoms with Gasteiger partial charge in [0.1, 0.15) is 5.75 Å². The van der Waals surface area contributed by atoms with Gasteiger partial charge in [-0.15, -0.1) is 0 Å². The van der Waals surface area contributed by atoms with E-state index in [1.165, 1.54) is 6.07 Å². The number of nitrogens with one attached hydrogen (secondary N) is 1. The van der Waals surface area contributed by atoms with Crippen molar-refractivity contribution in [3.05, 3.63) is 42.0 Å². The zero-order valence-corrected chi connectivity index (χ0v) is 13.2. The van der Waals surface area contributed by atoms with E-state index in [1.54, 1.807) is 6.07 Å². The van der Waals surface area contributed by atoms with E-state index < -0.39 is 0 Å². The highest BCUT2D eigenvalue weighted by atomic mass is 16.3. The molecule has 0 aliphatic rings. The maximum absolute atomic E-state index is 9.63. The number of aromatic hydroxyl groups is 1. The predicted octanol–water partition coefficient (Wildman–Crippen LogP) is 1.82. The number of phenolic OH excluding ortho intramolecular Hbond substituents is 1. The van der Waals surface area contributed by atoms with Gasteiger partial charge in [-0.2, -0.15) is 0 Å². The molecule has 0 aromatic heterocycles. The summed E-state index contributed by atoms with van der Waals surface area (Å²) in [6.45, 7) is 2.81. The molecule has 6 heteroatoms. The van der Waals surface area contributed by atoms with E-state index in [9.17, 15) is 5.11 Å². The first-order valence-corrected chi connectivity index (χ1v) is 7.48. The first kappa shape index (κ1) is 16.9. The Kier molecular flexibility index (Phi) is 5.67. The number of hydrogen-bond acceptors (Lipinski definition) is 6. The highest BCUT2D eigenvalue weighted by Crippen LogP contribution is 2.30. The summed E-state index contributed by atoms with van der Waals surface area (Å²) < 4.78 is 0. The summed E-state index contributed by atoms with van der Waals surface area (Å²) in [4.78, 5) is 1.91. The molecular weight excluding hydrogens is 294 g/mol. The normalized spacial score (nSPS) is 10.6. The van der Waals surface area contributed by atoms with Crippen LogP contribution in [0.3, 0.4) is 0 Å². The van der Waals surface area contributed by atoms with E-state index >= 15 is 0 Å². The lowest BCUT2D eigenvalue weighted by atomic mass is 10.1. The summed E-state index contributed by atoms with van der Waals surface area (Å²) in [5.74, 6) is 0.173. The smallest absolute Gasteiger partial charge is 0.120 e. The van der Waals surface area contributed by atoms with Gasteiger partial charge in [-0.05, 0) is 42.8 Å². The lowest BCUT2D eigenvalue weighted by Gasteiger charge is -2.23. The number of nitrogens with two attached hydrogens (primary N) is 1.